The van der Waals surface area contributed by atoms with Crippen LogP contribution >= 0.6 is 27.5 Å². The topological polar surface area (TPSA) is 125 Å². The number of esters is 1. The van der Waals surface area contributed by atoms with Crippen LogP contribution in [0.4, 0.5) is 5.69 Å². The van der Waals surface area contributed by atoms with E-state index in [0.29, 0.717) is 23.6 Å². The second kappa shape index (κ2) is 13.3. The Labute approximate surface area is 259 Å². The number of aliphatic hydroxyl groups excluding tert-OH is 1. The van der Waals surface area contributed by atoms with E-state index in [4.69, 9.17) is 21.1 Å². The van der Waals surface area contributed by atoms with Crippen LogP contribution in [0.5, 0.6) is 0 Å². The number of ether oxygens (including phenoxy) is 2. The van der Waals surface area contributed by atoms with Crippen LogP contribution in [0.15, 0.2) is 43.5 Å². The first-order valence-corrected chi connectivity index (χ1v) is 15.3. The summed E-state index contributed by atoms with van der Waals surface area (Å²) in [5.41, 5.74) is -0.0854. The molecule has 0 saturated carbocycles. The van der Waals surface area contributed by atoms with Gasteiger partial charge in [0.05, 0.1) is 41.8 Å². The third-order valence-corrected chi connectivity index (χ3v) is 9.30. The van der Waals surface area contributed by atoms with E-state index >= 15 is 0 Å². The molecule has 10 nitrogen and oxygen atoms in total. The van der Waals surface area contributed by atoms with Crippen LogP contribution in [0.1, 0.15) is 31.7 Å². The summed E-state index contributed by atoms with van der Waals surface area (Å²) >= 11 is 10.2. The Kier molecular flexibility index (Phi) is 10.2. The zero-order valence-corrected chi connectivity index (χ0v) is 26.1. The van der Waals surface area contributed by atoms with Crippen LogP contribution in [0.2, 0.25) is 5.02 Å². The lowest BCUT2D eigenvalue weighted by Gasteiger charge is -2.37. The van der Waals surface area contributed by atoms with Gasteiger partial charge >= 0.3 is 5.97 Å². The van der Waals surface area contributed by atoms with E-state index in [-0.39, 0.29) is 43.4 Å². The normalized spacial score (nSPS) is 28.3. The van der Waals surface area contributed by atoms with Gasteiger partial charge in [0.1, 0.15) is 17.7 Å². The van der Waals surface area contributed by atoms with Gasteiger partial charge in [0.2, 0.25) is 11.8 Å². The second-order valence-corrected chi connectivity index (χ2v) is 12.5. The molecular formula is C30H37BrClN3O7. The number of nitrogens with one attached hydrogen (secondary N) is 1. The molecule has 1 aromatic rings. The lowest BCUT2D eigenvalue weighted by atomic mass is 9.70. The smallest absolute Gasteiger partial charge is 0.312 e. The van der Waals surface area contributed by atoms with Gasteiger partial charge in [-0.25, -0.2) is 0 Å². The molecule has 3 saturated heterocycles. The zero-order chi connectivity index (χ0) is 30.8. The number of allylic oxidation sites excluding steroid dienone is 1. The Morgan fingerprint density at radius 2 is 2.10 bits per heavy atom. The number of hydrogen-bond acceptors (Lipinski definition) is 7. The van der Waals surface area contributed by atoms with Crippen molar-refractivity contribution in [1.82, 2.24) is 10.2 Å². The number of para-hydroxylation sites is 1. The van der Waals surface area contributed by atoms with Crippen LogP contribution in [0, 0.1) is 18.8 Å². The molecule has 1 spiro atoms. The quantitative estimate of drug-likeness (QED) is 0.189. The van der Waals surface area contributed by atoms with Gasteiger partial charge in [-0.05, 0) is 38.3 Å². The molecule has 42 heavy (non-hydrogen) atoms. The molecule has 7 atom stereocenters. The lowest BCUT2D eigenvalue weighted by molar-refractivity contribution is -0.159. The number of β-amino-alcohol motifs (C(OH)–C–C–N with tert-alkyl or cyclic N) is 1. The van der Waals surface area contributed by atoms with Crippen LogP contribution in [0.25, 0.3) is 0 Å². The van der Waals surface area contributed by atoms with Gasteiger partial charge in [-0.1, -0.05) is 51.8 Å². The van der Waals surface area contributed by atoms with E-state index in [2.05, 4.69) is 34.4 Å². The first kappa shape index (κ1) is 32.2. The summed E-state index contributed by atoms with van der Waals surface area (Å²) in [7, 11) is 0. The Morgan fingerprint density at radius 1 is 1.36 bits per heavy atom. The molecule has 12 heteroatoms. The number of fused-ring (bicyclic) bond motifs is 1. The summed E-state index contributed by atoms with van der Waals surface area (Å²) in [6.07, 6.45) is 2.96. The summed E-state index contributed by atoms with van der Waals surface area (Å²) < 4.78 is 12.2. The van der Waals surface area contributed by atoms with Crippen molar-refractivity contribution in [2.24, 2.45) is 11.8 Å². The fraction of sp³-hybridized carbons (Fsp3) is 0.533. The molecule has 0 radical (unpaired) electrons. The number of benzene rings is 1. The molecule has 1 unspecified atom stereocenters. The van der Waals surface area contributed by atoms with Crippen molar-refractivity contribution in [3.63, 3.8) is 0 Å². The minimum absolute atomic E-state index is 0.104. The maximum atomic E-state index is 14.5. The van der Waals surface area contributed by atoms with Gasteiger partial charge < -0.3 is 29.7 Å². The number of carbonyl (C=O) groups is 4. The highest BCUT2D eigenvalue weighted by Crippen LogP contribution is 2.60. The lowest BCUT2D eigenvalue weighted by Crippen LogP contribution is -2.57. The molecule has 4 rings (SSSR count). The molecule has 0 aliphatic carbocycles. The van der Waals surface area contributed by atoms with E-state index in [1.165, 1.54) is 9.80 Å². The van der Waals surface area contributed by atoms with Crippen molar-refractivity contribution in [2.75, 3.05) is 31.1 Å². The second-order valence-electron chi connectivity index (χ2n) is 10.9. The first-order valence-electron chi connectivity index (χ1n) is 14.0. The largest absolute Gasteiger partial charge is 0.460 e. The summed E-state index contributed by atoms with van der Waals surface area (Å²) in [6.45, 7) is 10.6. The molecule has 3 amide bonds. The van der Waals surface area contributed by atoms with Crippen molar-refractivity contribution < 1.29 is 33.8 Å². The van der Waals surface area contributed by atoms with Gasteiger partial charge in [-0.3, -0.25) is 19.2 Å². The van der Waals surface area contributed by atoms with Crippen molar-refractivity contribution in [3.05, 3.63) is 54.1 Å². The van der Waals surface area contributed by atoms with Crippen molar-refractivity contribution in [1.29, 1.82) is 0 Å². The van der Waals surface area contributed by atoms with E-state index in [1.807, 2.05) is 13.0 Å². The number of amides is 3. The fourth-order valence-corrected chi connectivity index (χ4v) is 7.72. The maximum Gasteiger partial charge on any atom is 0.312 e. The van der Waals surface area contributed by atoms with Crippen LogP contribution in [-0.2, 0) is 28.7 Å². The van der Waals surface area contributed by atoms with E-state index in [0.717, 1.165) is 5.56 Å². The zero-order valence-electron chi connectivity index (χ0n) is 23.8. The number of hydrogen-bond donors (Lipinski definition) is 2. The number of anilines is 1. The number of nitrogens with zero attached hydrogens (tertiary/aromatic N) is 2. The minimum atomic E-state index is -1.33. The summed E-state index contributed by atoms with van der Waals surface area (Å²) in [5.74, 6) is -3.70. The average Bonchev–Trinajstić information content (AvgIpc) is 3.53. The Bertz CT molecular complexity index is 1240. The molecule has 3 heterocycles. The van der Waals surface area contributed by atoms with Gasteiger partial charge in [0.25, 0.3) is 5.91 Å². The minimum Gasteiger partial charge on any atom is -0.460 e. The van der Waals surface area contributed by atoms with Gasteiger partial charge in [0.15, 0.2) is 0 Å². The van der Waals surface area contributed by atoms with Crippen LogP contribution < -0.4 is 10.2 Å². The molecule has 228 valence electrons. The maximum absolute atomic E-state index is 14.5. The van der Waals surface area contributed by atoms with E-state index < -0.39 is 53.5 Å². The standard InChI is InChI=1S/C30H37BrClN3O7/c1-5-7-11-21(37)33-16-18(4)41-29(40)22-23-27(38)35(13-14-36)26(30(23)15-19(31)25(22)42-30)28(39)34(12-6-2)24-17(3)9-8-10-20(24)32/h5-6,8-10,18-19,22-23,25-26,36H,1-2,7,11-16H2,3-4H3,(H,33,37)/t18-,19?,22-,23+,25-,26-,30+/m0/s1. The molecule has 3 fully saturated rings. The van der Waals surface area contributed by atoms with Gasteiger partial charge in [-0.15, -0.1) is 13.2 Å². The number of aryl methyl sites for hydroxylation is 1. The first-order chi connectivity index (χ1) is 20.0. The predicted molar refractivity (Wildman–Crippen MR) is 161 cm³/mol. The fourth-order valence-electron chi connectivity index (χ4n) is 6.46. The van der Waals surface area contributed by atoms with Crippen molar-refractivity contribution >= 4 is 56.9 Å². The van der Waals surface area contributed by atoms with Gasteiger partial charge in [-0.2, -0.15) is 0 Å². The van der Waals surface area contributed by atoms with Crippen molar-refractivity contribution in [3.8, 4) is 0 Å². The summed E-state index contributed by atoms with van der Waals surface area (Å²) in [6, 6.07) is 4.17. The summed E-state index contributed by atoms with van der Waals surface area (Å²) in [4.78, 5) is 56.5. The molecule has 3 aliphatic rings. The third-order valence-electron chi connectivity index (χ3n) is 8.15. The van der Waals surface area contributed by atoms with Crippen molar-refractivity contribution in [2.45, 2.75) is 61.8 Å². The molecule has 3 aliphatic heterocycles. The highest BCUT2D eigenvalue weighted by molar-refractivity contribution is 9.09. The van der Waals surface area contributed by atoms with Crippen LogP contribution in [0.3, 0.4) is 0 Å². The van der Waals surface area contributed by atoms with E-state index in [1.54, 1.807) is 31.2 Å². The molecule has 1 aromatic carbocycles. The number of aliphatic hydroxyl groups is 1. The monoisotopic (exact) mass is 665 g/mol. The number of alkyl halides is 1. The molecular weight excluding hydrogens is 630 g/mol. The Hall–Kier alpha value is -2.73. The summed E-state index contributed by atoms with van der Waals surface area (Å²) in [5, 5.41) is 13.0. The number of carbonyl (C=O) groups excluding carboxylic acids is 4. The third kappa shape index (κ3) is 5.76. The predicted octanol–water partition coefficient (Wildman–Crippen LogP) is 2.92. The molecule has 2 bridgehead atoms. The van der Waals surface area contributed by atoms with Gasteiger partial charge in [0, 0.05) is 24.3 Å². The highest BCUT2D eigenvalue weighted by atomic mass is 79.9. The Morgan fingerprint density at radius 3 is 2.74 bits per heavy atom. The SMILES string of the molecule is C=CCCC(=O)NC[C@H](C)OC(=O)[C@@H]1[C@H]2O[C@@]3(CC2Br)[C@H](C(=O)N(CC=C)c2c(C)cccc2Cl)N(CCO)C(=O)[C@@H]13. The number of likely N-dealkylation sites (tertiary alicyclic amines) is 1. The molecule has 2 N–H and O–H groups in total. The number of rotatable bonds is 13. The van der Waals surface area contributed by atoms with Crippen LogP contribution in [-0.4, -0.2) is 88.6 Å². The highest BCUT2D eigenvalue weighted by Gasteiger charge is 2.77. The van der Waals surface area contributed by atoms with E-state index in [9.17, 15) is 24.3 Å². The molecule has 0 aromatic heterocycles. The number of halogens is 2. The Balaban J connectivity index is 1.64. The average molecular weight is 667 g/mol.